The third-order valence-corrected chi connectivity index (χ3v) is 4.12. The molecule has 2 rings (SSSR count). The van der Waals surface area contributed by atoms with Crippen molar-refractivity contribution in [3.8, 4) is 0 Å². The van der Waals surface area contributed by atoms with E-state index in [9.17, 15) is 4.79 Å². The Kier molecular flexibility index (Phi) is 5.45. The summed E-state index contributed by atoms with van der Waals surface area (Å²) in [5.74, 6) is 0.114. The maximum absolute atomic E-state index is 12.2. The molecule has 0 bridgehead atoms. The first kappa shape index (κ1) is 14.9. The molecule has 1 aromatic carbocycles. The highest BCUT2D eigenvalue weighted by molar-refractivity contribution is 5.84. The summed E-state index contributed by atoms with van der Waals surface area (Å²) >= 11 is 0. The Labute approximate surface area is 122 Å². The zero-order valence-electron chi connectivity index (χ0n) is 12.6. The largest absolute Gasteiger partial charge is 0.374 e. The van der Waals surface area contributed by atoms with Crippen LogP contribution in [-0.4, -0.2) is 18.0 Å². The molecule has 20 heavy (non-hydrogen) atoms. The van der Waals surface area contributed by atoms with Crippen molar-refractivity contribution in [2.24, 2.45) is 0 Å². The minimum Gasteiger partial charge on any atom is -0.374 e. The second kappa shape index (κ2) is 7.32. The molecule has 0 aliphatic heterocycles. The summed E-state index contributed by atoms with van der Waals surface area (Å²) in [7, 11) is 0. The number of anilines is 1. The molecule has 1 amide bonds. The van der Waals surface area contributed by atoms with E-state index in [1.54, 1.807) is 0 Å². The molecular formula is C17H26N2O. The number of para-hydroxylation sites is 1. The first-order valence-electron chi connectivity index (χ1n) is 7.85. The summed E-state index contributed by atoms with van der Waals surface area (Å²) in [5, 5.41) is 6.51. The first-order valence-corrected chi connectivity index (χ1v) is 7.85. The van der Waals surface area contributed by atoms with Gasteiger partial charge in [0, 0.05) is 11.7 Å². The third kappa shape index (κ3) is 3.99. The maximum Gasteiger partial charge on any atom is 0.242 e. The molecule has 0 saturated heterocycles. The molecule has 1 saturated carbocycles. The Morgan fingerprint density at radius 3 is 2.65 bits per heavy atom. The van der Waals surface area contributed by atoms with E-state index in [1.807, 2.05) is 25.1 Å². The number of rotatable bonds is 5. The number of nitrogens with one attached hydrogen (secondary N) is 2. The summed E-state index contributed by atoms with van der Waals surface area (Å²) < 4.78 is 0. The van der Waals surface area contributed by atoms with Crippen LogP contribution in [0.2, 0.25) is 0 Å². The van der Waals surface area contributed by atoms with E-state index >= 15 is 0 Å². The van der Waals surface area contributed by atoms with Crippen molar-refractivity contribution in [1.82, 2.24) is 5.32 Å². The van der Waals surface area contributed by atoms with Crippen LogP contribution in [0.3, 0.4) is 0 Å². The Bertz CT molecular complexity index is 438. The van der Waals surface area contributed by atoms with Crippen molar-refractivity contribution in [2.75, 3.05) is 5.32 Å². The van der Waals surface area contributed by atoms with Crippen molar-refractivity contribution in [3.63, 3.8) is 0 Å². The van der Waals surface area contributed by atoms with Crippen LogP contribution in [0.25, 0.3) is 0 Å². The molecule has 0 radical (unpaired) electrons. The van der Waals surface area contributed by atoms with Crippen LogP contribution in [0, 0.1) is 0 Å². The third-order valence-electron chi connectivity index (χ3n) is 4.12. The second-order valence-electron chi connectivity index (χ2n) is 5.72. The van der Waals surface area contributed by atoms with Gasteiger partial charge in [-0.15, -0.1) is 0 Å². The number of amides is 1. The predicted octanol–water partition coefficient (Wildman–Crippen LogP) is 3.50. The standard InChI is InChI=1S/C17H26N2O/c1-3-14-9-7-8-12-16(14)18-13(2)17(20)19-15-10-5-4-6-11-15/h7-9,12-13,15,18H,3-6,10-11H2,1-2H3,(H,19,20). The van der Waals surface area contributed by atoms with Crippen molar-refractivity contribution >= 4 is 11.6 Å². The molecule has 1 aromatic rings. The van der Waals surface area contributed by atoms with E-state index in [-0.39, 0.29) is 11.9 Å². The molecule has 1 aliphatic rings. The monoisotopic (exact) mass is 274 g/mol. The molecular weight excluding hydrogens is 248 g/mol. The zero-order valence-corrected chi connectivity index (χ0v) is 12.6. The molecule has 3 nitrogen and oxygen atoms in total. The quantitative estimate of drug-likeness (QED) is 0.863. The summed E-state index contributed by atoms with van der Waals surface area (Å²) in [6.07, 6.45) is 7.02. The predicted molar refractivity (Wildman–Crippen MR) is 83.9 cm³/mol. The van der Waals surface area contributed by atoms with Gasteiger partial charge in [0.05, 0.1) is 0 Å². The highest BCUT2D eigenvalue weighted by Gasteiger charge is 2.19. The van der Waals surface area contributed by atoms with Gasteiger partial charge >= 0.3 is 0 Å². The number of carbonyl (C=O) groups excluding carboxylic acids is 1. The Hall–Kier alpha value is -1.51. The average Bonchev–Trinajstić information content (AvgIpc) is 2.48. The van der Waals surface area contributed by atoms with E-state index < -0.39 is 0 Å². The van der Waals surface area contributed by atoms with Crippen molar-refractivity contribution < 1.29 is 4.79 Å². The molecule has 0 heterocycles. The lowest BCUT2D eigenvalue weighted by Crippen LogP contribution is -2.44. The van der Waals surface area contributed by atoms with Crippen LogP contribution >= 0.6 is 0 Å². The lowest BCUT2D eigenvalue weighted by molar-refractivity contribution is -0.122. The maximum atomic E-state index is 12.2. The topological polar surface area (TPSA) is 41.1 Å². The second-order valence-corrected chi connectivity index (χ2v) is 5.72. The minimum absolute atomic E-state index is 0.114. The normalized spacial score (nSPS) is 17.5. The van der Waals surface area contributed by atoms with Gasteiger partial charge in [-0.3, -0.25) is 4.79 Å². The zero-order chi connectivity index (χ0) is 14.4. The van der Waals surface area contributed by atoms with Gasteiger partial charge in [0.1, 0.15) is 6.04 Å². The highest BCUT2D eigenvalue weighted by Crippen LogP contribution is 2.19. The summed E-state index contributed by atoms with van der Waals surface area (Å²) in [6.45, 7) is 4.07. The summed E-state index contributed by atoms with van der Waals surface area (Å²) in [6, 6.07) is 8.38. The van der Waals surface area contributed by atoms with E-state index in [1.165, 1.54) is 24.8 Å². The molecule has 1 aliphatic carbocycles. The van der Waals surface area contributed by atoms with Crippen LogP contribution in [0.5, 0.6) is 0 Å². The van der Waals surface area contributed by atoms with Gasteiger partial charge in [-0.25, -0.2) is 0 Å². The molecule has 1 fully saturated rings. The number of aryl methyl sites for hydroxylation is 1. The van der Waals surface area contributed by atoms with E-state index in [0.717, 1.165) is 24.9 Å². The SMILES string of the molecule is CCc1ccccc1NC(C)C(=O)NC1CCCCC1. The molecule has 1 atom stereocenters. The van der Waals surface area contributed by atoms with Crippen LogP contribution in [0.4, 0.5) is 5.69 Å². The van der Waals surface area contributed by atoms with Gasteiger partial charge in [0.15, 0.2) is 0 Å². The Balaban J connectivity index is 1.89. The Morgan fingerprint density at radius 1 is 1.25 bits per heavy atom. The summed E-state index contributed by atoms with van der Waals surface area (Å²) in [5.41, 5.74) is 2.33. The molecule has 0 aromatic heterocycles. The van der Waals surface area contributed by atoms with Crippen molar-refractivity contribution in [2.45, 2.75) is 64.5 Å². The van der Waals surface area contributed by atoms with Crippen LogP contribution in [-0.2, 0) is 11.2 Å². The van der Waals surface area contributed by atoms with Gasteiger partial charge < -0.3 is 10.6 Å². The number of benzene rings is 1. The van der Waals surface area contributed by atoms with Gasteiger partial charge in [0.2, 0.25) is 5.91 Å². The average molecular weight is 274 g/mol. The van der Waals surface area contributed by atoms with Crippen LogP contribution < -0.4 is 10.6 Å². The van der Waals surface area contributed by atoms with Crippen LogP contribution in [0.15, 0.2) is 24.3 Å². The first-order chi connectivity index (χ1) is 9.70. The molecule has 110 valence electrons. The van der Waals surface area contributed by atoms with E-state index in [2.05, 4.69) is 23.6 Å². The number of carbonyl (C=O) groups is 1. The number of hydrogen-bond donors (Lipinski definition) is 2. The van der Waals surface area contributed by atoms with Gasteiger partial charge in [-0.05, 0) is 37.8 Å². The molecule has 1 unspecified atom stereocenters. The minimum atomic E-state index is -0.190. The van der Waals surface area contributed by atoms with Gasteiger partial charge in [-0.2, -0.15) is 0 Å². The van der Waals surface area contributed by atoms with Gasteiger partial charge in [0.25, 0.3) is 0 Å². The fourth-order valence-corrected chi connectivity index (χ4v) is 2.84. The van der Waals surface area contributed by atoms with Crippen molar-refractivity contribution in [3.05, 3.63) is 29.8 Å². The van der Waals surface area contributed by atoms with Gasteiger partial charge in [-0.1, -0.05) is 44.4 Å². The fourth-order valence-electron chi connectivity index (χ4n) is 2.84. The highest BCUT2D eigenvalue weighted by atomic mass is 16.2. The molecule has 2 N–H and O–H groups in total. The summed E-state index contributed by atoms with van der Waals surface area (Å²) in [4.78, 5) is 12.2. The van der Waals surface area contributed by atoms with Crippen LogP contribution in [0.1, 0.15) is 51.5 Å². The molecule has 0 spiro atoms. The molecule has 3 heteroatoms. The lowest BCUT2D eigenvalue weighted by Gasteiger charge is -2.25. The number of hydrogen-bond acceptors (Lipinski definition) is 2. The van der Waals surface area contributed by atoms with Crippen molar-refractivity contribution in [1.29, 1.82) is 0 Å². The smallest absolute Gasteiger partial charge is 0.242 e. The van der Waals surface area contributed by atoms with E-state index in [4.69, 9.17) is 0 Å². The Morgan fingerprint density at radius 2 is 1.95 bits per heavy atom. The van der Waals surface area contributed by atoms with E-state index in [0.29, 0.717) is 6.04 Å². The fraction of sp³-hybridized carbons (Fsp3) is 0.588. The lowest BCUT2D eigenvalue weighted by atomic mass is 9.95.